The fourth-order valence-corrected chi connectivity index (χ4v) is 4.72. The summed E-state index contributed by atoms with van der Waals surface area (Å²) in [6, 6.07) is 14.3. The summed E-state index contributed by atoms with van der Waals surface area (Å²) in [6.07, 6.45) is 3.59. The van der Waals surface area contributed by atoms with Crippen LogP contribution in [-0.4, -0.2) is 39.6 Å². The Hall–Kier alpha value is -3.03. The average molecular weight is 468 g/mol. The van der Waals surface area contributed by atoms with Gasteiger partial charge in [-0.05, 0) is 62.0 Å². The number of carbonyl (C=O) groups excluding carboxylic acids is 3. The van der Waals surface area contributed by atoms with Crippen LogP contribution in [0.1, 0.15) is 19.4 Å². The fraction of sp³-hybridized carbons (Fsp3) is 0.208. The summed E-state index contributed by atoms with van der Waals surface area (Å²) in [6.45, 7) is 5.43. The SMILES string of the molecule is CCN(CC)C(=O)Cn1cc(/C=C2\SC(=O)N(c3ccc(Cl)cc3)C2=O)c2ccccc21. The van der Waals surface area contributed by atoms with Crippen LogP contribution in [0.15, 0.2) is 59.6 Å². The molecule has 32 heavy (non-hydrogen) atoms. The van der Waals surface area contributed by atoms with Crippen LogP contribution in [0.4, 0.5) is 10.5 Å². The molecule has 1 aromatic heterocycles. The number of anilines is 1. The van der Waals surface area contributed by atoms with Crippen LogP contribution in [-0.2, 0) is 16.1 Å². The number of hydrogen-bond donors (Lipinski definition) is 0. The molecule has 2 heterocycles. The third-order valence-electron chi connectivity index (χ3n) is 5.41. The average Bonchev–Trinajstić information content (AvgIpc) is 3.26. The molecule has 164 valence electrons. The summed E-state index contributed by atoms with van der Waals surface area (Å²) >= 11 is 6.83. The number of benzene rings is 2. The minimum absolute atomic E-state index is 0.0327. The van der Waals surface area contributed by atoms with Gasteiger partial charge in [-0.2, -0.15) is 0 Å². The van der Waals surface area contributed by atoms with E-state index in [2.05, 4.69) is 0 Å². The Balaban J connectivity index is 1.68. The van der Waals surface area contributed by atoms with Crippen molar-refractivity contribution in [2.75, 3.05) is 18.0 Å². The summed E-state index contributed by atoms with van der Waals surface area (Å²) in [5.74, 6) is -0.344. The number of fused-ring (bicyclic) bond motifs is 1. The van der Waals surface area contributed by atoms with E-state index in [-0.39, 0.29) is 23.6 Å². The van der Waals surface area contributed by atoms with Gasteiger partial charge in [-0.3, -0.25) is 14.4 Å². The van der Waals surface area contributed by atoms with Gasteiger partial charge in [0.25, 0.3) is 11.1 Å². The van der Waals surface area contributed by atoms with Gasteiger partial charge < -0.3 is 9.47 Å². The molecule has 4 rings (SSSR count). The van der Waals surface area contributed by atoms with Crippen molar-refractivity contribution in [3.63, 3.8) is 0 Å². The van der Waals surface area contributed by atoms with Gasteiger partial charge in [-0.15, -0.1) is 0 Å². The maximum absolute atomic E-state index is 13.0. The van der Waals surface area contributed by atoms with E-state index in [4.69, 9.17) is 11.6 Å². The molecule has 3 aromatic rings. The minimum atomic E-state index is -0.377. The van der Waals surface area contributed by atoms with Crippen molar-refractivity contribution in [3.8, 4) is 0 Å². The molecule has 0 spiro atoms. The summed E-state index contributed by atoms with van der Waals surface area (Å²) in [4.78, 5) is 41.5. The van der Waals surface area contributed by atoms with Crippen molar-refractivity contribution < 1.29 is 14.4 Å². The topological polar surface area (TPSA) is 62.6 Å². The molecule has 2 aromatic carbocycles. The van der Waals surface area contributed by atoms with E-state index in [1.807, 2.05) is 48.9 Å². The van der Waals surface area contributed by atoms with E-state index in [1.165, 1.54) is 0 Å². The van der Waals surface area contributed by atoms with Crippen LogP contribution < -0.4 is 4.90 Å². The van der Waals surface area contributed by atoms with Crippen molar-refractivity contribution in [1.82, 2.24) is 9.47 Å². The number of imide groups is 1. The largest absolute Gasteiger partial charge is 0.342 e. The number of nitrogens with zero attached hydrogens (tertiary/aromatic N) is 3. The van der Waals surface area contributed by atoms with Crippen molar-refractivity contribution >= 4 is 63.1 Å². The number of hydrogen-bond acceptors (Lipinski definition) is 4. The van der Waals surface area contributed by atoms with Crippen LogP contribution >= 0.6 is 23.4 Å². The van der Waals surface area contributed by atoms with Crippen LogP contribution in [0, 0.1) is 0 Å². The Kier molecular flexibility index (Phi) is 6.39. The molecule has 0 unspecified atom stereocenters. The first-order valence-corrected chi connectivity index (χ1v) is 11.5. The van der Waals surface area contributed by atoms with Crippen LogP contribution in [0.25, 0.3) is 17.0 Å². The van der Waals surface area contributed by atoms with E-state index in [0.717, 1.165) is 33.1 Å². The molecular weight excluding hydrogens is 446 g/mol. The lowest BCUT2D eigenvalue weighted by Gasteiger charge is -2.19. The Morgan fingerprint density at radius 3 is 2.44 bits per heavy atom. The van der Waals surface area contributed by atoms with E-state index in [0.29, 0.717) is 28.7 Å². The van der Waals surface area contributed by atoms with Crippen LogP contribution in [0.2, 0.25) is 5.02 Å². The lowest BCUT2D eigenvalue weighted by molar-refractivity contribution is -0.131. The smallest absolute Gasteiger partial charge is 0.298 e. The van der Waals surface area contributed by atoms with Gasteiger partial charge in [0.15, 0.2) is 0 Å². The highest BCUT2D eigenvalue weighted by molar-refractivity contribution is 8.19. The molecule has 6 nitrogen and oxygen atoms in total. The maximum atomic E-state index is 13.0. The molecule has 8 heteroatoms. The third kappa shape index (κ3) is 4.18. The molecule has 1 saturated heterocycles. The molecule has 0 radical (unpaired) electrons. The zero-order valence-corrected chi connectivity index (χ0v) is 19.3. The summed E-state index contributed by atoms with van der Waals surface area (Å²) in [7, 11) is 0. The highest BCUT2D eigenvalue weighted by Crippen LogP contribution is 2.37. The lowest BCUT2D eigenvalue weighted by Crippen LogP contribution is -2.33. The van der Waals surface area contributed by atoms with Crippen molar-refractivity contribution in [3.05, 3.63) is 70.2 Å². The third-order valence-corrected chi connectivity index (χ3v) is 6.53. The zero-order valence-electron chi connectivity index (χ0n) is 17.7. The van der Waals surface area contributed by atoms with Crippen molar-refractivity contribution in [1.29, 1.82) is 0 Å². The molecule has 0 N–H and O–H groups in total. The number of rotatable bonds is 6. The van der Waals surface area contributed by atoms with E-state index in [1.54, 1.807) is 35.2 Å². The lowest BCUT2D eigenvalue weighted by atomic mass is 10.1. The highest BCUT2D eigenvalue weighted by Gasteiger charge is 2.36. The Labute approximate surface area is 195 Å². The fourth-order valence-electron chi connectivity index (χ4n) is 3.76. The van der Waals surface area contributed by atoms with Gasteiger partial charge in [0, 0.05) is 40.8 Å². The summed E-state index contributed by atoms with van der Waals surface area (Å²) < 4.78 is 1.89. The van der Waals surface area contributed by atoms with Crippen molar-refractivity contribution in [2.45, 2.75) is 20.4 Å². The van der Waals surface area contributed by atoms with E-state index < -0.39 is 0 Å². The highest BCUT2D eigenvalue weighted by atomic mass is 35.5. The second-order valence-electron chi connectivity index (χ2n) is 7.29. The predicted molar refractivity (Wildman–Crippen MR) is 130 cm³/mol. The molecule has 0 atom stereocenters. The van der Waals surface area contributed by atoms with Crippen LogP contribution in [0.5, 0.6) is 0 Å². The molecule has 3 amide bonds. The number of likely N-dealkylation sites (N-methyl/N-ethyl adjacent to an activating group) is 1. The van der Waals surface area contributed by atoms with Gasteiger partial charge in [0.2, 0.25) is 5.91 Å². The zero-order chi connectivity index (χ0) is 22.8. The molecular formula is C24H22ClN3O3S. The first-order chi connectivity index (χ1) is 15.4. The van der Waals surface area contributed by atoms with Gasteiger partial charge in [-0.25, -0.2) is 4.90 Å². The Morgan fingerprint density at radius 2 is 1.75 bits per heavy atom. The summed E-state index contributed by atoms with van der Waals surface area (Å²) in [5, 5.41) is 1.09. The number of carbonyl (C=O) groups is 3. The number of thioether (sulfide) groups is 1. The number of aromatic nitrogens is 1. The summed E-state index contributed by atoms with van der Waals surface area (Å²) in [5.41, 5.74) is 2.17. The van der Waals surface area contributed by atoms with Gasteiger partial charge in [0.1, 0.15) is 6.54 Å². The quantitative estimate of drug-likeness (QED) is 0.455. The van der Waals surface area contributed by atoms with Gasteiger partial charge in [-0.1, -0.05) is 29.8 Å². The Morgan fingerprint density at radius 1 is 1.06 bits per heavy atom. The standard InChI is InChI=1S/C24H22ClN3O3S/c1-3-26(4-2)22(29)15-27-14-16(19-7-5-6-8-20(19)27)13-21-23(30)28(24(31)32-21)18-11-9-17(25)10-12-18/h5-14H,3-4,15H2,1-2H3/b21-13-. The normalized spacial score (nSPS) is 15.2. The van der Waals surface area contributed by atoms with E-state index >= 15 is 0 Å². The van der Waals surface area contributed by atoms with Crippen molar-refractivity contribution in [2.24, 2.45) is 0 Å². The number of halogens is 1. The molecule has 0 aliphatic carbocycles. The minimum Gasteiger partial charge on any atom is -0.342 e. The first-order valence-electron chi connectivity index (χ1n) is 10.3. The van der Waals surface area contributed by atoms with E-state index in [9.17, 15) is 14.4 Å². The Bertz CT molecular complexity index is 1230. The second-order valence-corrected chi connectivity index (χ2v) is 8.72. The van der Waals surface area contributed by atoms with Crippen LogP contribution in [0.3, 0.4) is 0 Å². The predicted octanol–water partition coefficient (Wildman–Crippen LogP) is 5.40. The maximum Gasteiger partial charge on any atom is 0.298 e. The van der Waals surface area contributed by atoms with Gasteiger partial charge in [0.05, 0.1) is 10.6 Å². The molecule has 0 bridgehead atoms. The molecule has 1 aliphatic rings. The molecule has 1 aliphatic heterocycles. The number of amides is 3. The molecule has 0 saturated carbocycles. The van der Waals surface area contributed by atoms with Gasteiger partial charge >= 0.3 is 0 Å². The monoisotopic (exact) mass is 467 g/mol. The molecule has 1 fully saturated rings. The number of para-hydroxylation sites is 1. The second kappa shape index (κ2) is 9.22. The first kappa shape index (κ1) is 22.2.